The van der Waals surface area contributed by atoms with Gasteiger partial charge in [-0.15, -0.1) is 0 Å². The van der Waals surface area contributed by atoms with Crippen molar-refractivity contribution in [2.24, 2.45) is 11.3 Å². The Hall–Kier alpha value is -1.72. The molecule has 1 aromatic carbocycles. The molecule has 12 heteroatoms. The van der Waals surface area contributed by atoms with Crippen LogP contribution in [0.2, 0.25) is 10.0 Å². The second-order valence-corrected chi connectivity index (χ2v) is 11.8. The molecule has 0 aliphatic carbocycles. The fraction of sp³-hybridized carbons (Fsp3) is 0.500. The lowest BCUT2D eigenvalue weighted by atomic mass is 9.85. The van der Waals surface area contributed by atoms with E-state index < -0.39 is 26.7 Å². The highest BCUT2D eigenvalue weighted by atomic mass is 35.5. The molecule has 0 bridgehead atoms. The van der Waals surface area contributed by atoms with Crippen LogP contribution in [0.4, 0.5) is 20.3 Å². The molecule has 1 unspecified atom stereocenters. The third kappa shape index (κ3) is 4.58. The number of nitrogens with zero attached hydrogens (tertiary/aromatic N) is 3. The molecule has 1 spiro atoms. The number of halogens is 4. The zero-order valence-electron chi connectivity index (χ0n) is 18.2. The molecule has 3 saturated heterocycles. The minimum Gasteiger partial charge on any atom is -0.380 e. The average molecular weight is 533 g/mol. The van der Waals surface area contributed by atoms with E-state index in [2.05, 4.69) is 9.88 Å². The van der Waals surface area contributed by atoms with Crippen LogP contribution in [0.1, 0.15) is 12.8 Å². The standard InChI is InChI=1S/C22H24Cl2F2N4O3S/c23-15-8-16(30-6-4-14(10-30)9-29-7-5-22(11-29)12-33-13-22)19(24)20(26)21(15)34(31,32)28-18-3-1-2-17(25)27-18/h1-3,8,14H,4-7,9-13H2,(H,27,28). The number of anilines is 2. The second-order valence-electron chi connectivity index (χ2n) is 9.36. The van der Waals surface area contributed by atoms with Crippen LogP contribution in [0.3, 0.4) is 0 Å². The number of rotatable bonds is 6. The zero-order chi connectivity index (χ0) is 24.1. The van der Waals surface area contributed by atoms with E-state index in [4.69, 9.17) is 27.9 Å². The van der Waals surface area contributed by atoms with Gasteiger partial charge in [0.2, 0.25) is 5.95 Å². The monoisotopic (exact) mass is 532 g/mol. The van der Waals surface area contributed by atoms with Gasteiger partial charge < -0.3 is 14.5 Å². The molecule has 1 aromatic heterocycles. The van der Waals surface area contributed by atoms with Gasteiger partial charge in [-0.1, -0.05) is 29.3 Å². The SMILES string of the molecule is O=S(=O)(Nc1cccc(F)n1)c1c(Cl)cc(N2CCC(CN3CCC4(COC4)C3)C2)c(Cl)c1F. The molecule has 3 aliphatic rings. The van der Waals surface area contributed by atoms with E-state index in [1.807, 2.05) is 9.62 Å². The van der Waals surface area contributed by atoms with E-state index >= 15 is 4.39 Å². The van der Waals surface area contributed by atoms with Crippen molar-refractivity contribution >= 4 is 44.7 Å². The first-order chi connectivity index (χ1) is 16.2. The number of ether oxygens (including phenoxy) is 1. The summed E-state index contributed by atoms with van der Waals surface area (Å²) in [6, 6.07) is 4.95. The van der Waals surface area contributed by atoms with E-state index in [-0.39, 0.29) is 15.9 Å². The van der Waals surface area contributed by atoms with E-state index in [9.17, 15) is 12.8 Å². The fourth-order valence-electron chi connectivity index (χ4n) is 5.07. The lowest BCUT2D eigenvalue weighted by Crippen LogP contribution is -2.45. The Bertz CT molecular complexity index is 1210. The summed E-state index contributed by atoms with van der Waals surface area (Å²) in [4.78, 5) is 7.05. The molecule has 0 radical (unpaired) electrons. The third-order valence-electron chi connectivity index (χ3n) is 6.80. The molecule has 2 aromatic rings. The highest BCUT2D eigenvalue weighted by molar-refractivity contribution is 7.92. The van der Waals surface area contributed by atoms with Gasteiger partial charge in [0.25, 0.3) is 10.0 Å². The topological polar surface area (TPSA) is 74.8 Å². The molecule has 34 heavy (non-hydrogen) atoms. The van der Waals surface area contributed by atoms with Gasteiger partial charge in [-0.25, -0.2) is 17.8 Å². The van der Waals surface area contributed by atoms with E-state index in [1.54, 1.807) is 0 Å². The minimum atomic E-state index is -4.49. The van der Waals surface area contributed by atoms with Gasteiger partial charge in [-0.3, -0.25) is 4.72 Å². The number of benzene rings is 1. The Morgan fingerprint density at radius 2 is 2.03 bits per heavy atom. The summed E-state index contributed by atoms with van der Waals surface area (Å²) in [6.07, 6.45) is 2.08. The van der Waals surface area contributed by atoms with Gasteiger partial charge in [0.1, 0.15) is 15.7 Å². The van der Waals surface area contributed by atoms with Gasteiger partial charge in [0, 0.05) is 31.6 Å². The van der Waals surface area contributed by atoms with Crippen molar-refractivity contribution in [2.45, 2.75) is 17.7 Å². The summed E-state index contributed by atoms with van der Waals surface area (Å²) >= 11 is 12.5. The maximum Gasteiger partial charge on any atom is 0.267 e. The Morgan fingerprint density at radius 3 is 2.71 bits per heavy atom. The van der Waals surface area contributed by atoms with Crippen molar-refractivity contribution in [3.8, 4) is 0 Å². The molecule has 5 rings (SSSR count). The van der Waals surface area contributed by atoms with Crippen LogP contribution in [0.5, 0.6) is 0 Å². The Balaban J connectivity index is 1.31. The molecular weight excluding hydrogens is 509 g/mol. The Kier molecular flexibility index (Phi) is 6.39. The second kappa shape index (κ2) is 9.05. The number of hydrogen-bond donors (Lipinski definition) is 1. The van der Waals surface area contributed by atoms with Crippen molar-refractivity contribution < 1.29 is 21.9 Å². The predicted molar refractivity (Wildman–Crippen MR) is 126 cm³/mol. The summed E-state index contributed by atoms with van der Waals surface area (Å²) < 4.78 is 61.6. The van der Waals surface area contributed by atoms with Crippen molar-refractivity contribution in [1.29, 1.82) is 0 Å². The largest absolute Gasteiger partial charge is 0.380 e. The molecule has 7 nitrogen and oxygen atoms in total. The van der Waals surface area contributed by atoms with Crippen molar-refractivity contribution in [3.63, 3.8) is 0 Å². The number of hydrogen-bond acceptors (Lipinski definition) is 6. The first kappa shape index (κ1) is 24.0. The zero-order valence-corrected chi connectivity index (χ0v) is 20.6. The van der Waals surface area contributed by atoms with Crippen LogP contribution in [0.15, 0.2) is 29.2 Å². The number of pyridine rings is 1. The van der Waals surface area contributed by atoms with Gasteiger partial charge in [-0.05, 0) is 43.5 Å². The van der Waals surface area contributed by atoms with Gasteiger partial charge >= 0.3 is 0 Å². The lowest BCUT2D eigenvalue weighted by Gasteiger charge is -2.38. The van der Waals surface area contributed by atoms with Gasteiger partial charge in [0.05, 0.1) is 23.9 Å². The molecule has 3 fully saturated rings. The molecule has 1 N–H and O–H groups in total. The molecule has 1 atom stereocenters. The van der Waals surface area contributed by atoms with Crippen LogP contribution in [0.25, 0.3) is 0 Å². The smallest absolute Gasteiger partial charge is 0.267 e. The lowest BCUT2D eigenvalue weighted by molar-refractivity contribution is -0.105. The summed E-state index contributed by atoms with van der Waals surface area (Å²) in [6.45, 7) is 6.07. The summed E-state index contributed by atoms with van der Waals surface area (Å²) in [7, 11) is -4.49. The van der Waals surface area contributed by atoms with E-state index in [0.29, 0.717) is 30.1 Å². The van der Waals surface area contributed by atoms with Crippen LogP contribution in [-0.4, -0.2) is 64.2 Å². The minimum absolute atomic E-state index is 0.296. The van der Waals surface area contributed by atoms with E-state index in [1.165, 1.54) is 18.2 Å². The van der Waals surface area contributed by atoms with Crippen LogP contribution in [-0.2, 0) is 14.8 Å². The molecular formula is C22H24Cl2F2N4O3S. The first-order valence-electron chi connectivity index (χ1n) is 11.0. The number of likely N-dealkylation sites (tertiary alicyclic amines) is 1. The molecule has 3 aliphatic heterocycles. The van der Waals surface area contributed by atoms with Crippen molar-refractivity contribution in [2.75, 3.05) is 55.6 Å². The maximum atomic E-state index is 15.2. The third-order valence-corrected chi connectivity index (χ3v) is 8.98. The first-order valence-corrected chi connectivity index (χ1v) is 13.3. The maximum absolute atomic E-state index is 15.2. The highest BCUT2D eigenvalue weighted by Crippen LogP contribution is 2.41. The van der Waals surface area contributed by atoms with Crippen LogP contribution < -0.4 is 9.62 Å². The number of nitrogens with one attached hydrogen (secondary N) is 1. The quantitative estimate of drug-likeness (QED) is 0.447. The average Bonchev–Trinajstić information content (AvgIpc) is 3.38. The number of sulfonamides is 1. The molecule has 0 amide bonds. The fourth-order valence-corrected chi connectivity index (χ4v) is 7.03. The Morgan fingerprint density at radius 1 is 1.24 bits per heavy atom. The highest BCUT2D eigenvalue weighted by Gasteiger charge is 2.45. The normalized spacial score (nSPS) is 22.4. The summed E-state index contributed by atoms with van der Waals surface area (Å²) in [5, 5.41) is -0.625. The molecule has 4 heterocycles. The predicted octanol–water partition coefficient (Wildman–Crippen LogP) is 4.02. The van der Waals surface area contributed by atoms with E-state index in [0.717, 1.165) is 51.8 Å². The summed E-state index contributed by atoms with van der Waals surface area (Å²) in [5.74, 6) is -1.94. The molecule has 0 saturated carbocycles. The summed E-state index contributed by atoms with van der Waals surface area (Å²) in [5.41, 5.74) is 0.689. The number of aromatic nitrogens is 1. The Labute approximate surface area is 207 Å². The molecule has 184 valence electrons. The van der Waals surface area contributed by atoms with Crippen molar-refractivity contribution in [3.05, 3.63) is 46.1 Å². The van der Waals surface area contributed by atoms with Gasteiger partial charge in [0.15, 0.2) is 5.82 Å². The van der Waals surface area contributed by atoms with Crippen LogP contribution >= 0.6 is 23.2 Å². The van der Waals surface area contributed by atoms with Crippen molar-refractivity contribution in [1.82, 2.24) is 9.88 Å². The van der Waals surface area contributed by atoms with Gasteiger partial charge in [-0.2, -0.15) is 4.39 Å². The van der Waals surface area contributed by atoms with Crippen LogP contribution in [0, 0.1) is 23.1 Å².